The van der Waals surface area contributed by atoms with Crippen LogP contribution in [0.5, 0.6) is 17.2 Å². The summed E-state index contributed by atoms with van der Waals surface area (Å²) in [6.07, 6.45) is 1.61. The second kappa shape index (κ2) is 8.24. The van der Waals surface area contributed by atoms with Crippen LogP contribution in [-0.2, 0) is 0 Å². The fourth-order valence-corrected chi connectivity index (χ4v) is 2.93. The molecule has 1 heterocycles. The molecule has 7 nitrogen and oxygen atoms in total. The maximum atomic E-state index is 6.07. The van der Waals surface area contributed by atoms with E-state index in [-0.39, 0.29) is 0 Å². The summed E-state index contributed by atoms with van der Waals surface area (Å²) in [5.74, 6) is 2.08. The standard InChI is InChI=1S/C18H17ClN4O3S/c1-24-14-8-7-12(15(25-2)16(14)26-3)10-20-23-17(21-22-18(23)27)11-5-4-6-13(19)9-11/h4-10H,1-3H3,(H,22,27). The second-order valence-electron chi connectivity index (χ2n) is 5.34. The molecule has 2 aromatic carbocycles. The Balaban J connectivity index is 2.06. The number of benzene rings is 2. The maximum absolute atomic E-state index is 6.07. The molecule has 140 valence electrons. The van der Waals surface area contributed by atoms with Gasteiger partial charge in [-0.1, -0.05) is 23.7 Å². The Hall–Kier alpha value is -2.84. The molecule has 0 fully saturated rings. The van der Waals surface area contributed by atoms with Gasteiger partial charge in [-0.2, -0.15) is 14.9 Å². The number of halogens is 1. The number of methoxy groups -OCH3 is 3. The highest BCUT2D eigenvalue weighted by Gasteiger charge is 2.15. The molecule has 0 radical (unpaired) electrons. The van der Waals surface area contributed by atoms with Crippen LogP contribution in [0.2, 0.25) is 5.02 Å². The Kier molecular flexibility index (Phi) is 5.78. The van der Waals surface area contributed by atoms with E-state index in [0.717, 1.165) is 5.56 Å². The van der Waals surface area contributed by atoms with Crippen LogP contribution in [0.1, 0.15) is 5.56 Å². The highest BCUT2D eigenvalue weighted by atomic mass is 35.5. The van der Waals surface area contributed by atoms with E-state index in [2.05, 4.69) is 15.3 Å². The van der Waals surface area contributed by atoms with Gasteiger partial charge in [0.15, 0.2) is 17.3 Å². The third-order valence-electron chi connectivity index (χ3n) is 3.78. The molecule has 0 spiro atoms. The fourth-order valence-electron chi connectivity index (χ4n) is 2.56. The molecule has 0 aliphatic carbocycles. The van der Waals surface area contributed by atoms with Crippen molar-refractivity contribution in [1.82, 2.24) is 14.9 Å². The Morgan fingerprint density at radius 3 is 2.56 bits per heavy atom. The number of aromatic amines is 1. The minimum Gasteiger partial charge on any atom is -0.493 e. The number of hydrogen-bond acceptors (Lipinski definition) is 6. The molecule has 0 aliphatic rings. The number of H-pyrrole nitrogens is 1. The molecule has 0 unspecified atom stereocenters. The van der Waals surface area contributed by atoms with E-state index >= 15 is 0 Å². The molecule has 0 saturated heterocycles. The summed E-state index contributed by atoms with van der Waals surface area (Å²) in [4.78, 5) is 0. The van der Waals surface area contributed by atoms with Gasteiger partial charge in [0.25, 0.3) is 0 Å². The summed E-state index contributed by atoms with van der Waals surface area (Å²) in [7, 11) is 4.66. The maximum Gasteiger partial charge on any atom is 0.216 e. The highest BCUT2D eigenvalue weighted by molar-refractivity contribution is 7.71. The molecule has 0 saturated carbocycles. The third kappa shape index (κ3) is 3.81. The van der Waals surface area contributed by atoms with E-state index in [9.17, 15) is 0 Å². The lowest BCUT2D eigenvalue weighted by molar-refractivity contribution is 0.324. The van der Waals surface area contributed by atoms with Crippen LogP contribution in [0.15, 0.2) is 41.5 Å². The quantitative estimate of drug-likeness (QED) is 0.493. The van der Waals surface area contributed by atoms with Gasteiger partial charge in [0, 0.05) is 16.1 Å². The van der Waals surface area contributed by atoms with Crippen molar-refractivity contribution in [1.29, 1.82) is 0 Å². The summed E-state index contributed by atoms with van der Waals surface area (Å²) in [5, 5.41) is 12.0. The monoisotopic (exact) mass is 404 g/mol. The van der Waals surface area contributed by atoms with Gasteiger partial charge in [-0.15, -0.1) is 0 Å². The van der Waals surface area contributed by atoms with Crippen LogP contribution < -0.4 is 14.2 Å². The molecule has 1 N–H and O–H groups in total. The van der Waals surface area contributed by atoms with E-state index in [1.165, 1.54) is 4.68 Å². The topological polar surface area (TPSA) is 73.7 Å². The van der Waals surface area contributed by atoms with E-state index in [4.69, 9.17) is 38.0 Å². The van der Waals surface area contributed by atoms with Crippen molar-refractivity contribution in [3.05, 3.63) is 51.8 Å². The molecule has 0 atom stereocenters. The smallest absolute Gasteiger partial charge is 0.216 e. The molecule has 0 amide bonds. The molecular formula is C18H17ClN4O3S. The fraction of sp³-hybridized carbons (Fsp3) is 0.167. The van der Waals surface area contributed by atoms with Crippen LogP contribution >= 0.6 is 23.8 Å². The molecule has 27 heavy (non-hydrogen) atoms. The first-order chi connectivity index (χ1) is 13.1. The van der Waals surface area contributed by atoms with Crippen molar-refractivity contribution in [2.45, 2.75) is 0 Å². The number of hydrogen-bond donors (Lipinski definition) is 1. The zero-order chi connectivity index (χ0) is 19.4. The van der Waals surface area contributed by atoms with Gasteiger partial charge in [0.05, 0.1) is 27.5 Å². The molecule has 1 aromatic heterocycles. The zero-order valence-corrected chi connectivity index (χ0v) is 16.5. The number of nitrogens with one attached hydrogen (secondary N) is 1. The van der Waals surface area contributed by atoms with Gasteiger partial charge in [0.2, 0.25) is 10.5 Å². The average molecular weight is 405 g/mol. The van der Waals surface area contributed by atoms with E-state index in [1.54, 1.807) is 45.7 Å². The minimum atomic E-state index is 0.348. The average Bonchev–Trinajstić information content (AvgIpc) is 3.05. The predicted molar refractivity (Wildman–Crippen MR) is 107 cm³/mol. The summed E-state index contributed by atoms with van der Waals surface area (Å²) >= 11 is 11.4. The Morgan fingerprint density at radius 2 is 1.89 bits per heavy atom. The summed E-state index contributed by atoms with van der Waals surface area (Å²) in [6, 6.07) is 10.9. The lowest BCUT2D eigenvalue weighted by atomic mass is 10.2. The van der Waals surface area contributed by atoms with Crippen LogP contribution in [-0.4, -0.2) is 42.4 Å². The largest absolute Gasteiger partial charge is 0.493 e. The van der Waals surface area contributed by atoms with Crippen LogP contribution in [0.25, 0.3) is 11.4 Å². The Labute approximate surface area is 166 Å². The van der Waals surface area contributed by atoms with Gasteiger partial charge in [-0.25, -0.2) is 5.10 Å². The number of nitrogens with zero attached hydrogens (tertiary/aromatic N) is 3. The second-order valence-corrected chi connectivity index (χ2v) is 6.17. The van der Waals surface area contributed by atoms with Crippen molar-refractivity contribution < 1.29 is 14.2 Å². The van der Waals surface area contributed by atoms with Gasteiger partial charge < -0.3 is 14.2 Å². The third-order valence-corrected chi connectivity index (χ3v) is 4.28. The van der Waals surface area contributed by atoms with Crippen LogP contribution in [0.3, 0.4) is 0 Å². The highest BCUT2D eigenvalue weighted by Crippen LogP contribution is 2.39. The first-order valence-electron chi connectivity index (χ1n) is 7.85. The SMILES string of the molecule is COc1ccc(C=Nn2c(-c3cccc(Cl)c3)n[nH]c2=S)c(OC)c1OC. The van der Waals surface area contributed by atoms with Crippen molar-refractivity contribution >= 4 is 30.0 Å². The normalized spacial score (nSPS) is 11.0. The van der Waals surface area contributed by atoms with Gasteiger partial charge in [0.1, 0.15) is 0 Å². The zero-order valence-electron chi connectivity index (χ0n) is 14.9. The minimum absolute atomic E-state index is 0.348. The molecule has 9 heteroatoms. The van der Waals surface area contributed by atoms with E-state index < -0.39 is 0 Å². The van der Waals surface area contributed by atoms with Crippen molar-refractivity contribution in [3.8, 4) is 28.6 Å². The molecular weight excluding hydrogens is 388 g/mol. The van der Waals surface area contributed by atoms with E-state index in [1.807, 2.05) is 18.2 Å². The summed E-state index contributed by atoms with van der Waals surface area (Å²) < 4.78 is 18.0. The Bertz CT molecular complexity index is 1050. The molecule has 0 bridgehead atoms. The van der Waals surface area contributed by atoms with Gasteiger partial charge in [-0.05, 0) is 36.5 Å². The lowest BCUT2D eigenvalue weighted by Gasteiger charge is -2.13. The van der Waals surface area contributed by atoms with Crippen molar-refractivity contribution in [2.24, 2.45) is 5.10 Å². The van der Waals surface area contributed by atoms with Gasteiger partial charge >= 0.3 is 0 Å². The van der Waals surface area contributed by atoms with Crippen LogP contribution in [0, 0.1) is 4.77 Å². The molecule has 3 aromatic rings. The first-order valence-corrected chi connectivity index (χ1v) is 8.64. The molecule has 3 rings (SSSR count). The van der Waals surface area contributed by atoms with Crippen molar-refractivity contribution in [2.75, 3.05) is 21.3 Å². The number of aromatic nitrogens is 3. The summed E-state index contributed by atoms with van der Waals surface area (Å²) in [6.45, 7) is 0. The Morgan fingerprint density at radius 1 is 1.11 bits per heavy atom. The lowest BCUT2D eigenvalue weighted by Crippen LogP contribution is -2.00. The van der Waals surface area contributed by atoms with E-state index in [0.29, 0.717) is 38.4 Å². The predicted octanol–water partition coefficient (Wildman–Crippen LogP) is 4.17. The first kappa shape index (κ1) is 18.9. The molecule has 0 aliphatic heterocycles. The summed E-state index contributed by atoms with van der Waals surface area (Å²) in [5.41, 5.74) is 1.47. The van der Waals surface area contributed by atoms with Crippen molar-refractivity contribution in [3.63, 3.8) is 0 Å². The van der Waals surface area contributed by atoms with Crippen LogP contribution in [0.4, 0.5) is 0 Å². The number of rotatable bonds is 6. The number of ether oxygens (including phenoxy) is 3. The van der Waals surface area contributed by atoms with Gasteiger partial charge in [-0.3, -0.25) is 0 Å².